The molecule has 1 saturated carbocycles. The maximum absolute atomic E-state index is 14.2. The van der Waals surface area contributed by atoms with Gasteiger partial charge in [0.2, 0.25) is 0 Å². The Morgan fingerprint density at radius 2 is 1.84 bits per heavy atom. The van der Waals surface area contributed by atoms with Gasteiger partial charge in [0.15, 0.2) is 0 Å². The van der Waals surface area contributed by atoms with E-state index in [1.165, 1.54) is 5.56 Å². The predicted octanol–water partition coefficient (Wildman–Crippen LogP) is 3.66. The molecule has 1 aliphatic carbocycles. The number of hydrogen-bond acceptors (Lipinski definition) is 3. The van der Waals surface area contributed by atoms with E-state index in [9.17, 15) is 8.78 Å². The van der Waals surface area contributed by atoms with Crippen LogP contribution in [0.2, 0.25) is 0 Å². The van der Waals surface area contributed by atoms with Crippen molar-refractivity contribution in [3.8, 4) is 0 Å². The SMILES string of the molecule is CC(C)N1C[C@H](C)N([C@H]2CCCC(F)(F)[C@@H]2N)CC1c1ccccc1. The average molecular weight is 351 g/mol. The van der Waals surface area contributed by atoms with Crippen LogP contribution in [0.4, 0.5) is 8.78 Å². The molecule has 2 N–H and O–H groups in total. The molecule has 1 heterocycles. The van der Waals surface area contributed by atoms with Crippen LogP contribution in [0.15, 0.2) is 30.3 Å². The van der Waals surface area contributed by atoms with Gasteiger partial charge in [0.1, 0.15) is 0 Å². The molecule has 5 heteroatoms. The number of nitrogens with two attached hydrogens (primary N) is 1. The first-order valence-corrected chi connectivity index (χ1v) is 9.51. The molecule has 2 fully saturated rings. The number of benzene rings is 1. The molecule has 140 valence electrons. The lowest BCUT2D eigenvalue weighted by molar-refractivity contribution is -0.104. The molecule has 4 atom stereocenters. The van der Waals surface area contributed by atoms with Crippen molar-refractivity contribution in [2.75, 3.05) is 13.1 Å². The summed E-state index contributed by atoms with van der Waals surface area (Å²) in [6, 6.07) is 9.97. The number of piperazine rings is 1. The average Bonchev–Trinajstić information content (AvgIpc) is 2.58. The molecule has 3 nitrogen and oxygen atoms in total. The molecule has 0 aromatic heterocycles. The predicted molar refractivity (Wildman–Crippen MR) is 97.8 cm³/mol. The molecular formula is C20H31F2N3. The summed E-state index contributed by atoms with van der Waals surface area (Å²) < 4.78 is 28.4. The third-order valence-corrected chi connectivity index (χ3v) is 6.01. The van der Waals surface area contributed by atoms with Gasteiger partial charge in [-0.1, -0.05) is 30.3 Å². The van der Waals surface area contributed by atoms with Gasteiger partial charge in [0, 0.05) is 43.7 Å². The van der Waals surface area contributed by atoms with Crippen LogP contribution in [-0.4, -0.2) is 53.0 Å². The Morgan fingerprint density at radius 3 is 2.48 bits per heavy atom. The van der Waals surface area contributed by atoms with Crippen LogP contribution >= 0.6 is 0 Å². The highest BCUT2D eigenvalue weighted by atomic mass is 19.3. The molecule has 0 radical (unpaired) electrons. The quantitative estimate of drug-likeness (QED) is 0.902. The summed E-state index contributed by atoms with van der Waals surface area (Å²) in [7, 11) is 0. The van der Waals surface area contributed by atoms with E-state index in [1.807, 2.05) is 6.07 Å². The van der Waals surface area contributed by atoms with Gasteiger partial charge in [0.05, 0.1) is 6.04 Å². The molecule has 3 rings (SSSR count). The third-order valence-electron chi connectivity index (χ3n) is 6.01. The number of rotatable bonds is 3. The molecule has 1 aromatic rings. The van der Waals surface area contributed by atoms with Crippen LogP contribution in [0, 0.1) is 0 Å². The van der Waals surface area contributed by atoms with Crippen LogP contribution < -0.4 is 5.73 Å². The number of nitrogens with zero attached hydrogens (tertiary/aromatic N) is 2. The minimum absolute atomic E-state index is 0.0763. The number of halogens is 2. The van der Waals surface area contributed by atoms with E-state index >= 15 is 0 Å². The summed E-state index contributed by atoms with van der Waals surface area (Å²) in [5, 5.41) is 0. The smallest absolute Gasteiger partial charge is 0.264 e. The summed E-state index contributed by atoms with van der Waals surface area (Å²) in [6.07, 6.45) is 1.25. The molecule has 0 spiro atoms. The van der Waals surface area contributed by atoms with Crippen LogP contribution in [0.5, 0.6) is 0 Å². The van der Waals surface area contributed by atoms with Gasteiger partial charge >= 0.3 is 0 Å². The minimum Gasteiger partial charge on any atom is -0.321 e. The van der Waals surface area contributed by atoms with E-state index in [2.05, 4.69) is 54.8 Å². The van der Waals surface area contributed by atoms with Gasteiger partial charge in [-0.05, 0) is 39.2 Å². The Labute approximate surface area is 150 Å². The van der Waals surface area contributed by atoms with Gasteiger partial charge in [-0.15, -0.1) is 0 Å². The molecule has 1 unspecified atom stereocenters. The normalized spacial score (nSPS) is 34.4. The zero-order valence-corrected chi connectivity index (χ0v) is 15.5. The topological polar surface area (TPSA) is 32.5 Å². The van der Waals surface area contributed by atoms with Crippen molar-refractivity contribution < 1.29 is 8.78 Å². The van der Waals surface area contributed by atoms with Crippen LogP contribution in [0.3, 0.4) is 0 Å². The van der Waals surface area contributed by atoms with Crippen molar-refractivity contribution in [1.82, 2.24) is 9.80 Å². The fourth-order valence-electron chi connectivity index (χ4n) is 4.57. The van der Waals surface area contributed by atoms with Gasteiger partial charge in [-0.3, -0.25) is 9.80 Å². The first-order valence-electron chi connectivity index (χ1n) is 9.51. The Hall–Kier alpha value is -1.04. The molecule has 25 heavy (non-hydrogen) atoms. The Kier molecular flexibility index (Phi) is 5.47. The molecule has 1 aliphatic heterocycles. The van der Waals surface area contributed by atoms with Gasteiger partial charge < -0.3 is 5.73 Å². The van der Waals surface area contributed by atoms with E-state index in [0.717, 1.165) is 19.5 Å². The van der Waals surface area contributed by atoms with Crippen molar-refractivity contribution >= 4 is 0 Å². The molecule has 1 aromatic carbocycles. The fraction of sp³-hybridized carbons (Fsp3) is 0.700. The first kappa shape index (κ1) is 18.7. The van der Waals surface area contributed by atoms with Gasteiger partial charge in [-0.25, -0.2) is 8.78 Å². The van der Waals surface area contributed by atoms with E-state index in [-0.39, 0.29) is 24.5 Å². The van der Waals surface area contributed by atoms with Crippen molar-refractivity contribution in [3.63, 3.8) is 0 Å². The van der Waals surface area contributed by atoms with E-state index in [1.54, 1.807) is 0 Å². The second kappa shape index (κ2) is 7.29. The first-order chi connectivity index (χ1) is 11.8. The molecule has 2 aliphatic rings. The Balaban J connectivity index is 1.86. The van der Waals surface area contributed by atoms with Crippen LogP contribution in [-0.2, 0) is 0 Å². The van der Waals surface area contributed by atoms with Gasteiger partial charge in [0.25, 0.3) is 5.92 Å². The highest BCUT2D eigenvalue weighted by molar-refractivity contribution is 5.21. The Morgan fingerprint density at radius 1 is 1.16 bits per heavy atom. The third kappa shape index (κ3) is 3.74. The summed E-state index contributed by atoms with van der Waals surface area (Å²) in [5.41, 5.74) is 7.28. The zero-order chi connectivity index (χ0) is 18.2. The monoisotopic (exact) mass is 351 g/mol. The standard InChI is InChI=1S/C20H31F2N3/c1-14(2)24-12-15(3)25(13-18(24)16-8-5-4-6-9-16)17-10-7-11-20(21,22)19(17)23/h4-6,8-9,14-15,17-19H,7,10-13,23H2,1-3H3/t15-,17-,18?,19+/m0/s1. The molecule has 1 saturated heterocycles. The largest absolute Gasteiger partial charge is 0.321 e. The summed E-state index contributed by atoms with van der Waals surface area (Å²) in [4.78, 5) is 4.75. The number of hydrogen-bond donors (Lipinski definition) is 1. The molecule has 0 amide bonds. The fourth-order valence-corrected chi connectivity index (χ4v) is 4.57. The molecule has 0 bridgehead atoms. The summed E-state index contributed by atoms with van der Waals surface area (Å²) in [5.74, 6) is -2.75. The van der Waals surface area contributed by atoms with Crippen molar-refractivity contribution in [2.24, 2.45) is 5.73 Å². The van der Waals surface area contributed by atoms with E-state index in [0.29, 0.717) is 12.5 Å². The molecular weight excluding hydrogens is 320 g/mol. The van der Waals surface area contributed by atoms with Crippen molar-refractivity contribution in [2.45, 2.75) is 76.2 Å². The van der Waals surface area contributed by atoms with Crippen molar-refractivity contribution in [1.29, 1.82) is 0 Å². The maximum atomic E-state index is 14.2. The lowest BCUT2D eigenvalue weighted by atomic mass is 9.84. The second-order valence-electron chi connectivity index (χ2n) is 8.01. The van der Waals surface area contributed by atoms with E-state index in [4.69, 9.17) is 5.73 Å². The van der Waals surface area contributed by atoms with Crippen LogP contribution in [0.25, 0.3) is 0 Å². The highest BCUT2D eigenvalue weighted by Crippen LogP contribution is 2.38. The lowest BCUT2D eigenvalue weighted by Gasteiger charge is -2.52. The van der Waals surface area contributed by atoms with Crippen molar-refractivity contribution in [3.05, 3.63) is 35.9 Å². The lowest BCUT2D eigenvalue weighted by Crippen LogP contribution is -2.65. The summed E-state index contributed by atoms with van der Waals surface area (Å²) >= 11 is 0. The van der Waals surface area contributed by atoms with Crippen LogP contribution in [0.1, 0.15) is 51.6 Å². The zero-order valence-electron chi connectivity index (χ0n) is 15.5. The van der Waals surface area contributed by atoms with E-state index < -0.39 is 12.0 Å². The highest BCUT2D eigenvalue weighted by Gasteiger charge is 2.49. The Bertz CT molecular complexity index is 563. The summed E-state index contributed by atoms with van der Waals surface area (Å²) in [6.45, 7) is 8.21. The minimum atomic E-state index is -2.75. The number of alkyl halides is 2. The maximum Gasteiger partial charge on any atom is 0.264 e. The van der Waals surface area contributed by atoms with Gasteiger partial charge in [-0.2, -0.15) is 0 Å². The second-order valence-corrected chi connectivity index (χ2v) is 8.01.